The summed E-state index contributed by atoms with van der Waals surface area (Å²) in [5.74, 6) is 1.72. The molecule has 1 saturated heterocycles. The quantitative estimate of drug-likeness (QED) is 0.930. The number of hydrogen-bond donors (Lipinski definition) is 1. The fourth-order valence-corrected chi connectivity index (χ4v) is 2.86. The minimum atomic E-state index is 0.553. The summed E-state index contributed by atoms with van der Waals surface area (Å²) in [7, 11) is 0. The molecule has 1 aromatic heterocycles. The first-order valence-electron chi connectivity index (χ1n) is 7.42. The van der Waals surface area contributed by atoms with Crippen molar-refractivity contribution in [3.8, 4) is 0 Å². The van der Waals surface area contributed by atoms with Gasteiger partial charge in [0.15, 0.2) is 0 Å². The Labute approximate surface area is 120 Å². The number of fused-ring (bicyclic) bond motifs is 1. The molecule has 1 aliphatic rings. The molecule has 1 unspecified atom stereocenters. The van der Waals surface area contributed by atoms with Crippen LogP contribution in [0.4, 0.5) is 5.82 Å². The second kappa shape index (κ2) is 5.75. The third-order valence-corrected chi connectivity index (χ3v) is 3.77. The van der Waals surface area contributed by atoms with Crippen molar-refractivity contribution >= 4 is 16.9 Å². The Hall–Kier alpha value is -1.68. The molecule has 0 saturated carbocycles. The molecular formula is C16H22N4. The summed E-state index contributed by atoms with van der Waals surface area (Å²) in [5.41, 5.74) is 1.94. The van der Waals surface area contributed by atoms with Crippen molar-refractivity contribution in [1.82, 2.24) is 15.3 Å². The number of anilines is 1. The minimum absolute atomic E-state index is 0.553. The summed E-state index contributed by atoms with van der Waals surface area (Å²) in [6.45, 7) is 7.59. The molecule has 1 N–H and O–H groups in total. The lowest BCUT2D eigenvalue weighted by atomic mass is 10.0. The Kier molecular flexibility index (Phi) is 3.83. The number of aromatic nitrogens is 2. The molecule has 20 heavy (non-hydrogen) atoms. The first-order chi connectivity index (χ1) is 9.72. The second-order valence-electron chi connectivity index (χ2n) is 5.94. The number of hydrogen-bond acceptors (Lipinski definition) is 4. The van der Waals surface area contributed by atoms with Crippen LogP contribution >= 0.6 is 0 Å². The van der Waals surface area contributed by atoms with Crippen molar-refractivity contribution < 1.29 is 0 Å². The van der Waals surface area contributed by atoms with Gasteiger partial charge in [-0.3, -0.25) is 4.98 Å². The van der Waals surface area contributed by atoms with Crippen LogP contribution in [0, 0.1) is 5.92 Å². The van der Waals surface area contributed by atoms with Gasteiger partial charge in [-0.2, -0.15) is 0 Å². The maximum absolute atomic E-state index is 4.75. The smallest absolute Gasteiger partial charge is 0.147 e. The highest BCUT2D eigenvalue weighted by Gasteiger charge is 2.21. The van der Waals surface area contributed by atoms with Crippen molar-refractivity contribution in [3.63, 3.8) is 0 Å². The highest BCUT2D eigenvalue weighted by Crippen LogP contribution is 2.18. The van der Waals surface area contributed by atoms with Crippen LogP contribution in [-0.4, -0.2) is 35.6 Å². The first kappa shape index (κ1) is 13.3. The second-order valence-corrected chi connectivity index (χ2v) is 5.94. The van der Waals surface area contributed by atoms with Crippen LogP contribution in [0.5, 0.6) is 0 Å². The molecule has 0 spiro atoms. The molecule has 1 fully saturated rings. The zero-order chi connectivity index (χ0) is 13.9. The summed E-state index contributed by atoms with van der Waals surface area (Å²) < 4.78 is 0. The van der Waals surface area contributed by atoms with Crippen LogP contribution in [0.25, 0.3) is 11.0 Å². The lowest BCUT2D eigenvalue weighted by Gasteiger charge is -2.35. The molecule has 3 rings (SSSR count). The van der Waals surface area contributed by atoms with Gasteiger partial charge < -0.3 is 10.2 Å². The summed E-state index contributed by atoms with van der Waals surface area (Å²) in [6.07, 6.45) is 3.11. The largest absolute Gasteiger partial charge is 0.352 e. The summed E-state index contributed by atoms with van der Waals surface area (Å²) in [6, 6.07) is 8.60. The Bertz CT molecular complexity index is 581. The monoisotopic (exact) mass is 270 g/mol. The van der Waals surface area contributed by atoms with Gasteiger partial charge in [0.25, 0.3) is 0 Å². The van der Waals surface area contributed by atoms with E-state index in [9.17, 15) is 0 Å². The van der Waals surface area contributed by atoms with E-state index < -0.39 is 0 Å². The predicted octanol–water partition coefficient (Wildman–Crippen LogP) is 2.45. The molecule has 2 aromatic rings. The number of rotatable bonds is 3. The molecule has 1 aliphatic heterocycles. The molecule has 4 nitrogen and oxygen atoms in total. The number of nitrogens with zero attached hydrogens (tertiary/aromatic N) is 3. The summed E-state index contributed by atoms with van der Waals surface area (Å²) >= 11 is 0. The van der Waals surface area contributed by atoms with Gasteiger partial charge >= 0.3 is 0 Å². The Morgan fingerprint density at radius 3 is 2.90 bits per heavy atom. The maximum Gasteiger partial charge on any atom is 0.147 e. The van der Waals surface area contributed by atoms with Gasteiger partial charge in [-0.15, -0.1) is 0 Å². The van der Waals surface area contributed by atoms with Gasteiger partial charge in [-0.05, 0) is 24.5 Å². The third-order valence-electron chi connectivity index (χ3n) is 3.77. The Morgan fingerprint density at radius 2 is 2.10 bits per heavy atom. The average Bonchev–Trinajstić information content (AvgIpc) is 2.46. The Balaban J connectivity index is 1.79. The predicted molar refractivity (Wildman–Crippen MR) is 83.0 cm³/mol. The molecule has 2 heterocycles. The van der Waals surface area contributed by atoms with E-state index in [2.05, 4.69) is 29.0 Å². The van der Waals surface area contributed by atoms with Crippen molar-refractivity contribution in [2.75, 3.05) is 24.5 Å². The number of benzene rings is 1. The normalized spacial score (nSPS) is 19.8. The van der Waals surface area contributed by atoms with E-state index in [1.165, 1.54) is 6.42 Å². The van der Waals surface area contributed by atoms with Gasteiger partial charge in [0.2, 0.25) is 0 Å². The van der Waals surface area contributed by atoms with E-state index >= 15 is 0 Å². The average molecular weight is 270 g/mol. The SMILES string of the molecule is CC(C)CC1CN(c2cnc3ccccc3n2)CCN1. The number of piperazine rings is 1. The van der Waals surface area contributed by atoms with Crippen LogP contribution in [0.2, 0.25) is 0 Å². The van der Waals surface area contributed by atoms with Crippen molar-refractivity contribution in [2.24, 2.45) is 5.92 Å². The van der Waals surface area contributed by atoms with Gasteiger partial charge in [0, 0.05) is 25.7 Å². The third kappa shape index (κ3) is 2.90. The summed E-state index contributed by atoms with van der Waals surface area (Å²) in [4.78, 5) is 11.6. The van der Waals surface area contributed by atoms with Gasteiger partial charge in [0.1, 0.15) is 5.82 Å². The summed E-state index contributed by atoms with van der Waals surface area (Å²) in [5, 5.41) is 3.60. The molecule has 106 valence electrons. The number of nitrogens with one attached hydrogen (secondary N) is 1. The van der Waals surface area contributed by atoms with Crippen molar-refractivity contribution in [1.29, 1.82) is 0 Å². The minimum Gasteiger partial charge on any atom is -0.352 e. The van der Waals surface area contributed by atoms with Crippen molar-refractivity contribution in [2.45, 2.75) is 26.3 Å². The van der Waals surface area contributed by atoms with E-state index in [0.717, 1.165) is 42.4 Å². The van der Waals surface area contributed by atoms with Crippen LogP contribution in [0.15, 0.2) is 30.5 Å². The molecular weight excluding hydrogens is 248 g/mol. The lowest BCUT2D eigenvalue weighted by Crippen LogP contribution is -2.51. The molecule has 1 atom stereocenters. The molecule has 0 aliphatic carbocycles. The first-order valence-corrected chi connectivity index (χ1v) is 7.42. The van der Waals surface area contributed by atoms with E-state index in [0.29, 0.717) is 6.04 Å². The van der Waals surface area contributed by atoms with Crippen LogP contribution in [0.3, 0.4) is 0 Å². The highest BCUT2D eigenvalue weighted by atomic mass is 15.2. The highest BCUT2D eigenvalue weighted by molar-refractivity contribution is 5.75. The molecule has 0 radical (unpaired) electrons. The molecule has 0 amide bonds. The zero-order valence-corrected chi connectivity index (χ0v) is 12.2. The van der Waals surface area contributed by atoms with Gasteiger partial charge in [0.05, 0.1) is 17.2 Å². The van der Waals surface area contributed by atoms with Crippen molar-refractivity contribution in [3.05, 3.63) is 30.5 Å². The Morgan fingerprint density at radius 1 is 1.30 bits per heavy atom. The number of para-hydroxylation sites is 2. The van der Waals surface area contributed by atoms with Crippen LogP contribution in [0.1, 0.15) is 20.3 Å². The zero-order valence-electron chi connectivity index (χ0n) is 12.2. The topological polar surface area (TPSA) is 41.1 Å². The van der Waals surface area contributed by atoms with Crippen LogP contribution < -0.4 is 10.2 Å². The fourth-order valence-electron chi connectivity index (χ4n) is 2.86. The maximum atomic E-state index is 4.75. The van der Waals surface area contributed by atoms with E-state index in [1.807, 2.05) is 30.5 Å². The molecule has 4 heteroatoms. The van der Waals surface area contributed by atoms with E-state index in [4.69, 9.17) is 4.98 Å². The fraction of sp³-hybridized carbons (Fsp3) is 0.500. The molecule has 0 bridgehead atoms. The van der Waals surface area contributed by atoms with E-state index in [-0.39, 0.29) is 0 Å². The van der Waals surface area contributed by atoms with Gasteiger partial charge in [-0.1, -0.05) is 26.0 Å². The molecule has 1 aromatic carbocycles. The standard InChI is InChI=1S/C16H22N4/c1-12(2)9-13-11-20(8-7-17-13)16-10-18-14-5-3-4-6-15(14)19-16/h3-6,10,12-13,17H,7-9,11H2,1-2H3. The van der Waals surface area contributed by atoms with Crippen LogP contribution in [-0.2, 0) is 0 Å². The van der Waals surface area contributed by atoms with Gasteiger partial charge in [-0.25, -0.2) is 4.98 Å². The lowest BCUT2D eigenvalue weighted by molar-refractivity contribution is 0.387. The van der Waals surface area contributed by atoms with E-state index in [1.54, 1.807) is 0 Å².